The summed E-state index contributed by atoms with van der Waals surface area (Å²) in [6.07, 6.45) is 5.77. The number of nitrogens with two attached hydrogens (primary N) is 1. The van der Waals surface area contributed by atoms with E-state index in [1.165, 1.54) is 6.42 Å². The van der Waals surface area contributed by atoms with Crippen molar-refractivity contribution in [3.05, 3.63) is 23.8 Å². The Labute approximate surface area is 158 Å². The van der Waals surface area contributed by atoms with E-state index in [1.54, 1.807) is 12.1 Å². The fraction of sp³-hybridized carbons (Fsp3) is 0.550. The summed E-state index contributed by atoms with van der Waals surface area (Å²) in [7, 11) is 0. The summed E-state index contributed by atoms with van der Waals surface area (Å²) in [4.78, 5) is 40.7. The predicted octanol–water partition coefficient (Wildman–Crippen LogP) is 1.73. The topological polar surface area (TPSA) is 95.7 Å². The van der Waals surface area contributed by atoms with Crippen molar-refractivity contribution in [2.24, 2.45) is 11.7 Å². The number of likely N-dealkylation sites (tertiary alicyclic amines) is 1. The van der Waals surface area contributed by atoms with Crippen molar-refractivity contribution >= 4 is 29.1 Å². The largest absolute Gasteiger partial charge is 0.370 e. The number of carbonyl (C=O) groups excluding carboxylic acids is 3. The van der Waals surface area contributed by atoms with Gasteiger partial charge in [-0.1, -0.05) is 0 Å². The highest BCUT2D eigenvalue weighted by molar-refractivity contribution is 6.02. The minimum atomic E-state index is -0.522. The number of rotatable bonds is 5. The fourth-order valence-electron chi connectivity index (χ4n) is 4.08. The average molecular weight is 370 g/mol. The van der Waals surface area contributed by atoms with Crippen LogP contribution in [0.5, 0.6) is 0 Å². The molecule has 3 aliphatic rings. The molecule has 1 saturated carbocycles. The van der Waals surface area contributed by atoms with Crippen LogP contribution in [0.4, 0.5) is 11.4 Å². The van der Waals surface area contributed by atoms with Crippen LogP contribution >= 0.6 is 0 Å². The predicted molar refractivity (Wildman–Crippen MR) is 102 cm³/mol. The number of carbonyl (C=O) groups is 3. The Bertz CT molecular complexity index is 768. The van der Waals surface area contributed by atoms with Gasteiger partial charge in [0.2, 0.25) is 17.7 Å². The van der Waals surface area contributed by atoms with Gasteiger partial charge in [0.15, 0.2) is 0 Å². The molecule has 0 radical (unpaired) electrons. The average Bonchev–Trinajstić information content (AvgIpc) is 3.44. The molecule has 144 valence electrons. The van der Waals surface area contributed by atoms with Crippen LogP contribution in [0, 0.1) is 5.92 Å². The first-order chi connectivity index (χ1) is 13.0. The second-order valence-corrected chi connectivity index (χ2v) is 7.81. The lowest BCUT2D eigenvalue weighted by atomic mass is 10.1. The third-order valence-electron chi connectivity index (χ3n) is 5.75. The molecule has 1 aromatic carbocycles. The maximum atomic E-state index is 12.8. The fourth-order valence-corrected chi connectivity index (χ4v) is 4.08. The van der Waals surface area contributed by atoms with E-state index in [2.05, 4.69) is 10.2 Å². The molecule has 2 heterocycles. The normalized spacial score (nSPS) is 22.8. The molecule has 1 aromatic rings. The Morgan fingerprint density at radius 2 is 1.85 bits per heavy atom. The quantitative estimate of drug-likeness (QED) is 0.825. The van der Waals surface area contributed by atoms with Crippen molar-refractivity contribution in [1.29, 1.82) is 0 Å². The van der Waals surface area contributed by atoms with Gasteiger partial charge < -0.3 is 20.9 Å². The van der Waals surface area contributed by atoms with Crippen LogP contribution in [0.1, 0.15) is 48.9 Å². The van der Waals surface area contributed by atoms with Crippen LogP contribution < -0.4 is 16.0 Å². The smallest absolute Gasteiger partial charge is 0.248 e. The van der Waals surface area contributed by atoms with E-state index < -0.39 is 5.91 Å². The standard InChI is InChI=1S/C20H26N4O3/c21-19(26)13-4-7-17(23-8-2-1-3-9-23)16(10-13)22-20(27)14-11-18(25)24(12-14)15-5-6-15/h4,7,10,14-15H,1-3,5-6,8-9,11-12H2,(H2,21,26)(H,22,27). The molecule has 2 aliphatic heterocycles. The number of anilines is 2. The van der Waals surface area contributed by atoms with Crippen molar-refractivity contribution in [2.45, 2.75) is 44.6 Å². The number of nitrogens with zero attached hydrogens (tertiary/aromatic N) is 2. The lowest BCUT2D eigenvalue weighted by molar-refractivity contribution is -0.128. The number of hydrogen-bond donors (Lipinski definition) is 2. The third-order valence-corrected chi connectivity index (χ3v) is 5.75. The van der Waals surface area contributed by atoms with Gasteiger partial charge in [-0.25, -0.2) is 0 Å². The molecule has 0 bridgehead atoms. The monoisotopic (exact) mass is 370 g/mol. The van der Waals surface area contributed by atoms with Crippen LogP contribution in [0.3, 0.4) is 0 Å². The minimum Gasteiger partial charge on any atom is -0.370 e. The Morgan fingerprint density at radius 3 is 2.52 bits per heavy atom. The summed E-state index contributed by atoms with van der Waals surface area (Å²) >= 11 is 0. The minimum absolute atomic E-state index is 0.0693. The molecular weight excluding hydrogens is 344 g/mol. The molecule has 27 heavy (non-hydrogen) atoms. The molecule has 1 atom stereocenters. The van der Waals surface area contributed by atoms with Gasteiger partial charge in [0.05, 0.1) is 17.3 Å². The van der Waals surface area contributed by atoms with Gasteiger partial charge in [-0.3, -0.25) is 14.4 Å². The Morgan fingerprint density at radius 1 is 1.11 bits per heavy atom. The zero-order valence-corrected chi connectivity index (χ0v) is 15.4. The number of amides is 3. The van der Waals surface area contributed by atoms with Gasteiger partial charge in [-0.05, 0) is 50.3 Å². The van der Waals surface area contributed by atoms with Crippen LogP contribution in [0.15, 0.2) is 18.2 Å². The summed E-state index contributed by atoms with van der Waals surface area (Å²) in [6, 6.07) is 5.55. The second-order valence-electron chi connectivity index (χ2n) is 7.81. The zero-order valence-electron chi connectivity index (χ0n) is 15.4. The molecule has 0 spiro atoms. The summed E-state index contributed by atoms with van der Waals surface area (Å²) in [5.74, 6) is -0.956. The SMILES string of the molecule is NC(=O)c1ccc(N2CCCCC2)c(NC(=O)C2CC(=O)N(C3CC3)C2)c1. The summed E-state index contributed by atoms with van der Waals surface area (Å²) in [6.45, 7) is 2.34. The highest BCUT2D eigenvalue weighted by atomic mass is 16.2. The molecule has 4 rings (SSSR count). The Hall–Kier alpha value is -2.57. The van der Waals surface area contributed by atoms with Crippen LogP contribution in [-0.2, 0) is 9.59 Å². The lowest BCUT2D eigenvalue weighted by Crippen LogP contribution is -2.32. The first-order valence-corrected chi connectivity index (χ1v) is 9.82. The molecular formula is C20H26N4O3. The van der Waals surface area contributed by atoms with E-state index in [-0.39, 0.29) is 24.2 Å². The summed E-state index contributed by atoms with van der Waals surface area (Å²) < 4.78 is 0. The van der Waals surface area contributed by atoms with Gasteiger partial charge in [-0.15, -0.1) is 0 Å². The van der Waals surface area contributed by atoms with Crippen molar-refractivity contribution in [2.75, 3.05) is 29.9 Å². The summed E-state index contributed by atoms with van der Waals surface area (Å²) in [5.41, 5.74) is 7.31. The molecule has 3 fully saturated rings. The first-order valence-electron chi connectivity index (χ1n) is 9.82. The van der Waals surface area contributed by atoms with Gasteiger partial charge in [0.25, 0.3) is 0 Å². The van der Waals surface area contributed by atoms with E-state index in [0.29, 0.717) is 23.8 Å². The molecule has 3 N–H and O–H groups in total. The van der Waals surface area contributed by atoms with E-state index in [9.17, 15) is 14.4 Å². The van der Waals surface area contributed by atoms with Crippen LogP contribution in [0.2, 0.25) is 0 Å². The highest BCUT2D eigenvalue weighted by Gasteiger charge is 2.41. The summed E-state index contributed by atoms with van der Waals surface area (Å²) in [5, 5.41) is 2.98. The maximum absolute atomic E-state index is 12.8. The number of primary amides is 1. The van der Waals surface area contributed by atoms with E-state index >= 15 is 0 Å². The van der Waals surface area contributed by atoms with Crippen LogP contribution in [0.25, 0.3) is 0 Å². The molecule has 0 aromatic heterocycles. The van der Waals surface area contributed by atoms with Crippen molar-refractivity contribution in [1.82, 2.24) is 4.90 Å². The second kappa shape index (κ2) is 7.21. The molecule has 1 aliphatic carbocycles. The third kappa shape index (κ3) is 3.77. The number of benzene rings is 1. The molecule has 7 heteroatoms. The number of piperidine rings is 1. The highest BCUT2D eigenvalue weighted by Crippen LogP contribution is 2.34. The zero-order chi connectivity index (χ0) is 19.0. The first kappa shape index (κ1) is 17.8. The van der Waals surface area contributed by atoms with Gasteiger partial charge in [0, 0.05) is 37.7 Å². The molecule has 2 saturated heterocycles. The lowest BCUT2D eigenvalue weighted by Gasteiger charge is -2.31. The van der Waals surface area contributed by atoms with Gasteiger partial charge in [-0.2, -0.15) is 0 Å². The molecule has 1 unspecified atom stereocenters. The Balaban J connectivity index is 1.53. The number of nitrogens with one attached hydrogen (secondary N) is 1. The van der Waals surface area contributed by atoms with Gasteiger partial charge >= 0.3 is 0 Å². The van der Waals surface area contributed by atoms with E-state index in [0.717, 1.165) is 44.5 Å². The maximum Gasteiger partial charge on any atom is 0.248 e. The number of hydrogen-bond acceptors (Lipinski definition) is 4. The van der Waals surface area contributed by atoms with Gasteiger partial charge in [0.1, 0.15) is 0 Å². The molecule has 3 amide bonds. The van der Waals surface area contributed by atoms with E-state index in [4.69, 9.17) is 5.73 Å². The van der Waals surface area contributed by atoms with Crippen molar-refractivity contribution in [3.63, 3.8) is 0 Å². The Kier molecular flexibility index (Phi) is 4.76. The van der Waals surface area contributed by atoms with Crippen molar-refractivity contribution in [3.8, 4) is 0 Å². The van der Waals surface area contributed by atoms with Crippen LogP contribution in [-0.4, -0.2) is 48.3 Å². The van der Waals surface area contributed by atoms with Crippen molar-refractivity contribution < 1.29 is 14.4 Å². The molecule has 7 nitrogen and oxygen atoms in total. The van der Waals surface area contributed by atoms with E-state index in [1.807, 2.05) is 11.0 Å².